The minimum Gasteiger partial charge on any atom is -0.0622 e. The lowest BCUT2D eigenvalue weighted by Crippen LogP contribution is -2.64. The van der Waals surface area contributed by atoms with Crippen molar-refractivity contribution in [1.29, 1.82) is 0 Å². The largest absolute Gasteiger partial charge is 0.0622 e. The molecule has 0 aliphatic rings. The summed E-state index contributed by atoms with van der Waals surface area (Å²) in [7, 11) is 0. The lowest BCUT2D eigenvalue weighted by atomic mass is 9.37. The normalized spacial score (nSPS) is 11.9. The predicted molar refractivity (Wildman–Crippen MR) is 212 cm³/mol. The fraction of sp³-hybridized carbons (Fsp3) is 0.0588. The molecule has 0 saturated carbocycles. The summed E-state index contributed by atoms with van der Waals surface area (Å²) in [6, 6.07) is 89.9. The Morgan fingerprint density at radius 3 is 0.451 bits per heavy atom. The minimum atomic E-state index is -0.864. The van der Waals surface area contributed by atoms with Crippen molar-refractivity contribution in [2.45, 2.75) is 16.2 Å². The first-order chi connectivity index (χ1) is 25.3. The van der Waals surface area contributed by atoms with Crippen LogP contribution in [-0.4, -0.2) is 0 Å². The molecule has 51 heavy (non-hydrogen) atoms. The monoisotopic (exact) mass is 652 g/mol. The molecule has 0 N–H and O–H groups in total. The van der Waals surface area contributed by atoms with E-state index in [2.05, 4.69) is 243 Å². The summed E-state index contributed by atoms with van der Waals surface area (Å²) in [5.74, 6) is 0. The summed E-state index contributed by atoms with van der Waals surface area (Å²) in [4.78, 5) is 0. The van der Waals surface area contributed by atoms with Gasteiger partial charge >= 0.3 is 0 Å². The molecular weight excluding hydrogens is 613 g/mol. The predicted octanol–water partition coefficient (Wildman–Crippen LogP) is 12.0. The van der Waals surface area contributed by atoms with Crippen LogP contribution in [0.5, 0.6) is 0 Å². The van der Waals surface area contributed by atoms with Crippen LogP contribution in [0, 0.1) is 0 Å². The third-order valence-electron chi connectivity index (χ3n) is 10.8. The highest BCUT2D eigenvalue weighted by Gasteiger charge is 2.68. The van der Waals surface area contributed by atoms with Gasteiger partial charge in [-0.2, -0.15) is 0 Å². The van der Waals surface area contributed by atoms with Gasteiger partial charge in [0, 0.05) is 0 Å². The molecule has 0 heterocycles. The van der Waals surface area contributed by atoms with Crippen LogP contribution in [0.15, 0.2) is 243 Å². The molecule has 244 valence electrons. The Bertz CT molecular complexity index is 1890. The molecule has 0 heteroatoms. The molecule has 0 aromatic heterocycles. The van der Waals surface area contributed by atoms with Crippen LogP contribution in [-0.2, 0) is 16.2 Å². The highest BCUT2D eigenvalue weighted by atomic mass is 14.7. The Morgan fingerprint density at radius 1 is 0.157 bits per heavy atom. The van der Waals surface area contributed by atoms with Crippen LogP contribution in [0.25, 0.3) is 0 Å². The van der Waals surface area contributed by atoms with Gasteiger partial charge in [-0.1, -0.05) is 243 Å². The fourth-order valence-electron chi connectivity index (χ4n) is 9.12. The maximum Gasteiger partial charge on any atom is 0.0603 e. The standard InChI is InChI=1S/C51H40/c1-9-25-41(26-10-1)49(42-27-11-2-12-28-42,43-29-13-3-14-30-43)51(47-37-21-7-22-38-47,48-39-23-8-24-40-48)50(44-31-15-4-16-32-44,45-33-17-5-18-34-45)46-35-19-6-20-36-46/h1-40H. The van der Waals surface area contributed by atoms with Crippen molar-refractivity contribution in [3.05, 3.63) is 287 Å². The summed E-state index contributed by atoms with van der Waals surface area (Å²) in [6.07, 6.45) is 0. The van der Waals surface area contributed by atoms with Gasteiger partial charge in [0.15, 0.2) is 0 Å². The quantitative estimate of drug-likeness (QED) is 0.129. The Morgan fingerprint density at radius 2 is 0.294 bits per heavy atom. The fourth-order valence-corrected chi connectivity index (χ4v) is 9.12. The Hall–Kier alpha value is -6.24. The van der Waals surface area contributed by atoms with Crippen molar-refractivity contribution in [3.63, 3.8) is 0 Å². The minimum absolute atomic E-state index is 0.805. The van der Waals surface area contributed by atoms with E-state index in [1.165, 1.54) is 44.5 Å². The van der Waals surface area contributed by atoms with Crippen LogP contribution < -0.4 is 0 Å². The lowest BCUT2D eigenvalue weighted by molar-refractivity contribution is 0.255. The third kappa shape index (κ3) is 4.98. The first-order valence-corrected chi connectivity index (χ1v) is 17.8. The Balaban J connectivity index is 1.79. The van der Waals surface area contributed by atoms with Crippen molar-refractivity contribution in [2.75, 3.05) is 0 Å². The van der Waals surface area contributed by atoms with E-state index in [4.69, 9.17) is 0 Å². The number of benzene rings is 8. The summed E-state index contributed by atoms with van der Waals surface area (Å²) in [6.45, 7) is 0. The molecule has 0 bridgehead atoms. The average molecular weight is 653 g/mol. The molecule has 0 saturated heterocycles. The molecule has 8 rings (SSSR count). The SMILES string of the molecule is c1ccc(C(c2ccccc2)(c2ccccc2)C(c2ccccc2)(c2ccccc2)C(c2ccccc2)(c2ccccc2)c2ccccc2)cc1. The summed E-state index contributed by atoms with van der Waals surface area (Å²) in [5, 5.41) is 0. The van der Waals surface area contributed by atoms with Crippen molar-refractivity contribution >= 4 is 0 Å². The zero-order valence-corrected chi connectivity index (χ0v) is 28.6. The first kappa shape index (κ1) is 32.0. The van der Waals surface area contributed by atoms with Crippen LogP contribution in [0.2, 0.25) is 0 Å². The van der Waals surface area contributed by atoms with E-state index in [9.17, 15) is 0 Å². The molecular formula is C51H40. The van der Waals surface area contributed by atoms with E-state index < -0.39 is 16.2 Å². The van der Waals surface area contributed by atoms with Gasteiger partial charge in [-0.3, -0.25) is 0 Å². The van der Waals surface area contributed by atoms with Crippen LogP contribution >= 0.6 is 0 Å². The van der Waals surface area contributed by atoms with Gasteiger partial charge in [0.1, 0.15) is 0 Å². The topological polar surface area (TPSA) is 0 Å². The maximum absolute atomic E-state index is 2.36. The lowest BCUT2D eigenvalue weighted by Gasteiger charge is -2.63. The third-order valence-corrected chi connectivity index (χ3v) is 10.8. The van der Waals surface area contributed by atoms with E-state index >= 15 is 0 Å². The Labute approximate surface area is 302 Å². The van der Waals surface area contributed by atoms with Gasteiger partial charge in [-0.25, -0.2) is 0 Å². The molecule has 0 amide bonds. The second-order valence-corrected chi connectivity index (χ2v) is 13.2. The molecule has 0 spiro atoms. The molecule has 0 aliphatic heterocycles. The summed E-state index contributed by atoms with van der Waals surface area (Å²) < 4.78 is 0. The van der Waals surface area contributed by atoms with E-state index in [1.54, 1.807) is 0 Å². The van der Waals surface area contributed by atoms with Gasteiger partial charge in [-0.15, -0.1) is 0 Å². The van der Waals surface area contributed by atoms with Gasteiger partial charge in [0.25, 0.3) is 0 Å². The van der Waals surface area contributed by atoms with E-state index in [0.29, 0.717) is 0 Å². The van der Waals surface area contributed by atoms with Crippen LogP contribution in [0.1, 0.15) is 44.5 Å². The summed E-state index contributed by atoms with van der Waals surface area (Å²) >= 11 is 0. The average Bonchev–Trinajstić information content (AvgIpc) is 3.24. The molecule has 0 radical (unpaired) electrons. The molecule has 0 atom stereocenters. The maximum atomic E-state index is 2.36. The molecule has 8 aromatic carbocycles. The van der Waals surface area contributed by atoms with Gasteiger partial charge < -0.3 is 0 Å². The number of hydrogen-bond donors (Lipinski definition) is 0. The summed E-state index contributed by atoms with van der Waals surface area (Å²) in [5.41, 5.74) is 7.21. The second-order valence-electron chi connectivity index (χ2n) is 13.2. The van der Waals surface area contributed by atoms with Crippen LogP contribution in [0.3, 0.4) is 0 Å². The van der Waals surface area contributed by atoms with Crippen molar-refractivity contribution in [2.24, 2.45) is 0 Å². The van der Waals surface area contributed by atoms with Crippen molar-refractivity contribution in [3.8, 4) is 0 Å². The zero-order valence-electron chi connectivity index (χ0n) is 28.6. The molecule has 0 aliphatic carbocycles. The first-order valence-electron chi connectivity index (χ1n) is 17.8. The highest BCUT2D eigenvalue weighted by molar-refractivity contribution is 5.72. The van der Waals surface area contributed by atoms with E-state index in [-0.39, 0.29) is 0 Å². The molecule has 0 unspecified atom stereocenters. The van der Waals surface area contributed by atoms with Crippen molar-refractivity contribution in [1.82, 2.24) is 0 Å². The molecule has 0 nitrogen and oxygen atoms in total. The number of hydrogen-bond acceptors (Lipinski definition) is 0. The van der Waals surface area contributed by atoms with Gasteiger partial charge in [0.05, 0.1) is 16.2 Å². The zero-order chi connectivity index (χ0) is 34.4. The van der Waals surface area contributed by atoms with E-state index in [0.717, 1.165) is 0 Å². The Kier molecular flexibility index (Phi) is 8.74. The molecule has 8 aromatic rings. The van der Waals surface area contributed by atoms with Crippen molar-refractivity contribution < 1.29 is 0 Å². The highest BCUT2D eigenvalue weighted by Crippen LogP contribution is 2.68. The van der Waals surface area contributed by atoms with Gasteiger partial charge in [-0.05, 0) is 44.5 Å². The van der Waals surface area contributed by atoms with E-state index in [1.807, 2.05) is 0 Å². The smallest absolute Gasteiger partial charge is 0.0603 e. The second kappa shape index (κ2) is 13.9. The molecule has 0 fully saturated rings. The number of rotatable bonds is 10. The van der Waals surface area contributed by atoms with Gasteiger partial charge in [0.2, 0.25) is 0 Å². The van der Waals surface area contributed by atoms with Crippen LogP contribution in [0.4, 0.5) is 0 Å².